The second kappa shape index (κ2) is 7.68. The molecule has 10 heteroatoms. The molecule has 0 aliphatic heterocycles. The van der Waals surface area contributed by atoms with E-state index in [1.54, 1.807) is 12.1 Å². The second-order valence-corrected chi connectivity index (χ2v) is 7.17. The Labute approximate surface area is 167 Å². The normalized spacial score (nSPS) is 10.9. The maximum Gasteiger partial charge on any atom is 0.285 e. The molecule has 0 fully saturated rings. The number of fused-ring (bicyclic) bond motifs is 1. The molecule has 1 aromatic carbocycles. The number of thiazole rings is 1. The lowest BCUT2D eigenvalue weighted by molar-refractivity contribution is -0.385. The lowest BCUT2D eigenvalue weighted by Gasteiger charge is -2.06. The number of hydrogen-bond acceptors (Lipinski definition) is 7. The number of pyridine rings is 1. The Hall–Kier alpha value is -3.79. The van der Waals surface area contributed by atoms with Crippen molar-refractivity contribution in [3.05, 3.63) is 81.0 Å². The van der Waals surface area contributed by atoms with E-state index in [1.165, 1.54) is 11.3 Å². The zero-order chi connectivity index (χ0) is 20.4. The van der Waals surface area contributed by atoms with Crippen molar-refractivity contribution in [2.45, 2.75) is 13.1 Å². The number of benzene rings is 1. The van der Waals surface area contributed by atoms with E-state index in [0.717, 1.165) is 38.1 Å². The summed E-state index contributed by atoms with van der Waals surface area (Å²) in [4.78, 5) is 38.6. The number of aromatic nitrogens is 2. The maximum absolute atomic E-state index is 12.1. The van der Waals surface area contributed by atoms with Crippen molar-refractivity contribution in [3.8, 4) is 10.8 Å². The number of nitrogens with one attached hydrogen (secondary N) is 1. The van der Waals surface area contributed by atoms with Crippen LogP contribution in [0.15, 0.2) is 63.9 Å². The molecule has 4 aromatic rings. The number of hydrogen-bond donors (Lipinski definition) is 1. The number of nitro groups is 1. The fourth-order valence-electron chi connectivity index (χ4n) is 2.71. The fourth-order valence-corrected chi connectivity index (χ4v) is 3.64. The van der Waals surface area contributed by atoms with Gasteiger partial charge in [-0.25, -0.2) is 4.98 Å². The first-order chi connectivity index (χ1) is 14.0. The van der Waals surface area contributed by atoms with Gasteiger partial charge in [-0.1, -0.05) is 12.1 Å². The summed E-state index contributed by atoms with van der Waals surface area (Å²) in [7, 11) is 0. The van der Waals surface area contributed by atoms with Gasteiger partial charge in [-0.3, -0.25) is 24.3 Å². The van der Waals surface area contributed by atoms with E-state index in [1.807, 2.05) is 24.3 Å². The van der Waals surface area contributed by atoms with Crippen LogP contribution in [-0.4, -0.2) is 20.4 Å². The molecular formula is C19H14N4O5S. The molecule has 3 aromatic heterocycles. The van der Waals surface area contributed by atoms with Gasteiger partial charge in [0.1, 0.15) is 12.3 Å². The lowest BCUT2D eigenvalue weighted by atomic mass is 10.3. The van der Waals surface area contributed by atoms with Crippen LogP contribution in [0.3, 0.4) is 0 Å². The number of furan rings is 1. The summed E-state index contributed by atoms with van der Waals surface area (Å²) in [6, 6.07) is 13.4. The molecular weight excluding hydrogens is 396 g/mol. The van der Waals surface area contributed by atoms with Crippen LogP contribution < -0.4 is 10.9 Å². The minimum atomic E-state index is -0.625. The Bertz CT molecular complexity index is 1240. The Kier molecular flexibility index (Phi) is 4.92. The van der Waals surface area contributed by atoms with Crippen LogP contribution in [0.2, 0.25) is 0 Å². The third-order valence-electron chi connectivity index (χ3n) is 4.12. The van der Waals surface area contributed by atoms with Crippen molar-refractivity contribution in [3.63, 3.8) is 0 Å². The van der Waals surface area contributed by atoms with E-state index in [2.05, 4.69) is 10.3 Å². The lowest BCUT2D eigenvalue weighted by Crippen LogP contribution is -2.31. The molecule has 0 aliphatic carbocycles. The van der Waals surface area contributed by atoms with Gasteiger partial charge in [0.25, 0.3) is 11.2 Å². The standard InChI is InChI=1S/C19H14N4O5S/c24-17(11-22-10-12(23(26)27)5-8-18(22)25)20-9-13-6-7-15(28-13)19-21-14-3-1-2-4-16(14)29-19/h1-8,10H,9,11H2,(H,20,24). The van der Waals surface area contributed by atoms with Gasteiger partial charge in [-0.2, -0.15) is 0 Å². The molecule has 9 nitrogen and oxygen atoms in total. The minimum Gasteiger partial charge on any atom is -0.457 e. The summed E-state index contributed by atoms with van der Waals surface area (Å²) in [6.45, 7) is -0.209. The predicted molar refractivity (Wildman–Crippen MR) is 107 cm³/mol. The number of para-hydroxylation sites is 1. The van der Waals surface area contributed by atoms with Crippen LogP contribution in [-0.2, 0) is 17.9 Å². The summed E-state index contributed by atoms with van der Waals surface area (Å²) in [5.41, 5.74) is 0.131. The van der Waals surface area contributed by atoms with Crippen LogP contribution in [0.25, 0.3) is 21.0 Å². The van der Waals surface area contributed by atoms with Gasteiger partial charge in [0.2, 0.25) is 5.91 Å². The summed E-state index contributed by atoms with van der Waals surface area (Å²) in [6.07, 6.45) is 1.04. The van der Waals surface area contributed by atoms with E-state index in [9.17, 15) is 19.7 Å². The molecule has 146 valence electrons. The van der Waals surface area contributed by atoms with Crippen molar-refractivity contribution >= 4 is 33.1 Å². The van der Waals surface area contributed by atoms with Crippen LogP contribution in [0.4, 0.5) is 5.69 Å². The van der Waals surface area contributed by atoms with Gasteiger partial charge in [0.05, 0.1) is 27.9 Å². The first-order valence-electron chi connectivity index (χ1n) is 8.56. The van der Waals surface area contributed by atoms with Gasteiger partial charge in [-0.05, 0) is 24.3 Å². The third-order valence-corrected chi connectivity index (χ3v) is 5.17. The molecule has 0 bridgehead atoms. The average Bonchev–Trinajstić information content (AvgIpc) is 3.34. The van der Waals surface area contributed by atoms with Gasteiger partial charge in [0.15, 0.2) is 10.8 Å². The molecule has 3 heterocycles. The molecule has 1 amide bonds. The third kappa shape index (κ3) is 4.06. The Morgan fingerprint density at radius 1 is 1.21 bits per heavy atom. The van der Waals surface area contributed by atoms with Crippen molar-refractivity contribution in [1.29, 1.82) is 0 Å². The maximum atomic E-state index is 12.1. The Morgan fingerprint density at radius 3 is 2.83 bits per heavy atom. The number of amides is 1. The molecule has 0 saturated carbocycles. The quantitative estimate of drug-likeness (QED) is 0.385. The summed E-state index contributed by atoms with van der Waals surface area (Å²) < 4.78 is 7.79. The average molecular weight is 410 g/mol. The molecule has 0 atom stereocenters. The van der Waals surface area contributed by atoms with Crippen molar-refractivity contribution in [2.75, 3.05) is 0 Å². The number of carbonyl (C=O) groups excluding carboxylic acids is 1. The first kappa shape index (κ1) is 18.6. The Morgan fingerprint density at radius 2 is 2.03 bits per heavy atom. The molecule has 0 aliphatic rings. The predicted octanol–water partition coefficient (Wildman–Crippen LogP) is 2.94. The van der Waals surface area contributed by atoms with Gasteiger partial charge in [-0.15, -0.1) is 11.3 Å². The number of rotatable bonds is 6. The van der Waals surface area contributed by atoms with Gasteiger partial charge >= 0.3 is 0 Å². The van der Waals surface area contributed by atoms with Crippen LogP contribution >= 0.6 is 11.3 Å². The van der Waals surface area contributed by atoms with Crippen molar-refractivity contribution in [2.24, 2.45) is 0 Å². The number of carbonyl (C=O) groups is 1. The first-order valence-corrected chi connectivity index (χ1v) is 9.37. The number of nitrogens with zero attached hydrogens (tertiary/aromatic N) is 3. The molecule has 1 N–H and O–H groups in total. The molecule has 29 heavy (non-hydrogen) atoms. The van der Waals surface area contributed by atoms with E-state index in [0.29, 0.717) is 11.5 Å². The van der Waals surface area contributed by atoms with E-state index < -0.39 is 16.4 Å². The van der Waals surface area contributed by atoms with Crippen LogP contribution in [0, 0.1) is 10.1 Å². The van der Waals surface area contributed by atoms with Crippen LogP contribution in [0.5, 0.6) is 0 Å². The summed E-state index contributed by atoms with van der Waals surface area (Å²) in [5.74, 6) is 0.662. The molecule has 0 unspecified atom stereocenters. The highest BCUT2D eigenvalue weighted by Gasteiger charge is 2.13. The molecule has 0 saturated heterocycles. The molecule has 0 radical (unpaired) electrons. The van der Waals surface area contributed by atoms with E-state index in [-0.39, 0.29) is 18.8 Å². The van der Waals surface area contributed by atoms with Crippen LogP contribution in [0.1, 0.15) is 5.76 Å². The van der Waals surface area contributed by atoms with Crippen molar-refractivity contribution < 1.29 is 14.1 Å². The highest BCUT2D eigenvalue weighted by molar-refractivity contribution is 7.21. The van der Waals surface area contributed by atoms with E-state index >= 15 is 0 Å². The van der Waals surface area contributed by atoms with E-state index in [4.69, 9.17) is 4.42 Å². The molecule has 0 spiro atoms. The smallest absolute Gasteiger partial charge is 0.285 e. The topological polar surface area (TPSA) is 120 Å². The zero-order valence-electron chi connectivity index (χ0n) is 14.9. The SMILES string of the molecule is O=C(Cn1cc([N+](=O)[O-])ccc1=O)NCc1ccc(-c2nc3ccccc3s2)o1. The van der Waals surface area contributed by atoms with Gasteiger partial charge < -0.3 is 9.73 Å². The van der Waals surface area contributed by atoms with Crippen molar-refractivity contribution in [1.82, 2.24) is 14.9 Å². The highest BCUT2D eigenvalue weighted by atomic mass is 32.1. The van der Waals surface area contributed by atoms with Gasteiger partial charge in [0, 0.05) is 12.1 Å². The minimum absolute atomic E-state index is 0.118. The Balaban J connectivity index is 1.41. The largest absolute Gasteiger partial charge is 0.457 e. The monoisotopic (exact) mass is 410 g/mol. The molecule has 4 rings (SSSR count). The zero-order valence-corrected chi connectivity index (χ0v) is 15.7. The summed E-state index contributed by atoms with van der Waals surface area (Å²) in [5, 5.41) is 14.2. The fraction of sp³-hybridized carbons (Fsp3) is 0.105. The highest BCUT2D eigenvalue weighted by Crippen LogP contribution is 2.31. The second-order valence-electron chi connectivity index (χ2n) is 6.14. The summed E-state index contributed by atoms with van der Waals surface area (Å²) >= 11 is 1.51.